The van der Waals surface area contributed by atoms with Crippen molar-refractivity contribution in [3.05, 3.63) is 71.0 Å². The van der Waals surface area contributed by atoms with Gasteiger partial charge in [0.2, 0.25) is 0 Å². The van der Waals surface area contributed by atoms with E-state index in [1.807, 2.05) is 41.1 Å². The minimum absolute atomic E-state index is 0.354. The molecule has 0 saturated carbocycles. The van der Waals surface area contributed by atoms with Gasteiger partial charge in [-0.1, -0.05) is 30.3 Å². The number of nitrogens with one attached hydrogen (secondary N) is 1. The normalized spacial score (nSPS) is 11.3. The van der Waals surface area contributed by atoms with Crippen LogP contribution in [0.4, 0.5) is 4.39 Å². The lowest BCUT2D eigenvalue weighted by atomic mass is 10.2. The molecule has 132 valence electrons. The highest BCUT2D eigenvalue weighted by molar-refractivity contribution is 5.89. The largest absolute Gasteiger partial charge is 0.348 e. The molecule has 2 heterocycles. The van der Waals surface area contributed by atoms with Crippen molar-refractivity contribution in [3.8, 4) is 17.1 Å². The molecule has 0 radical (unpaired) electrons. The highest BCUT2D eigenvalue weighted by Gasteiger charge is 2.18. The van der Waals surface area contributed by atoms with Gasteiger partial charge in [0.1, 0.15) is 5.82 Å². The highest BCUT2D eigenvalue weighted by atomic mass is 19.1. The van der Waals surface area contributed by atoms with E-state index in [2.05, 4.69) is 10.2 Å². The van der Waals surface area contributed by atoms with Crippen LogP contribution < -0.4 is 11.4 Å². The molecule has 2 aromatic carbocycles. The quantitative estimate of drug-likeness (QED) is 0.580. The summed E-state index contributed by atoms with van der Waals surface area (Å²) >= 11 is 0. The summed E-state index contributed by atoms with van der Waals surface area (Å²) < 4.78 is 17.4. The lowest BCUT2D eigenvalue weighted by Gasteiger charge is -2.04. The number of fused-ring (bicyclic) bond motifs is 1. The van der Waals surface area contributed by atoms with Crippen LogP contribution in [0.1, 0.15) is 6.42 Å². The molecule has 0 fully saturated rings. The number of hydrogen-bond acceptors (Lipinski definition) is 3. The third kappa shape index (κ3) is 2.72. The number of benzene rings is 2. The Morgan fingerprint density at radius 2 is 1.96 bits per heavy atom. The van der Waals surface area contributed by atoms with Crippen LogP contribution in [0.15, 0.2) is 59.5 Å². The van der Waals surface area contributed by atoms with Gasteiger partial charge in [-0.25, -0.2) is 18.9 Å². The molecule has 0 aliphatic heterocycles. The molecule has 26 heavy (non-hydrogen) atoms. The van der Waals surface area contributed by atoms with Crippen LogP contribution in [-0.2, 0) is 6.54 Å². The zero-order chi connectivity index (χ0) is 18.1. The van der Waals surface area contributed by atoms with Crippen molar-refractivity contribution in [1.29, 1.82) is 0 Å². The second-order valence-corrected chi connectivity index (χ2v) is 6.07. The van der Waals surface area contributed by atoms with Gasteiger partial charge in [0, 0.05) is 23.7 Å². The molecule has 0 aliphatic rings. The number of halogens is 1. The maximum Gasteiger partial charge on any atom is 0.348 e. The number of rotatable bonds is 5. The van der Waals surface area contributed by atoms with Crippen LogP contribution in [0, 0.1) is 5.82 Å². The fraction of sp³-hybridized carbons (Fsp3) is 0.158. The fourth-order valence-corrected chi connectivity index (χ4v) is 3.18. The van der Waals surface area contributed by atoms with E-state index < -0.39 is 0 Å². The molecule has 6 nitrogen and oxygen atoms in total. The van der Waals surface area contributed by atoms with E-state index in [4.69, 9.17) is 5.73 Å². The van der Waals surface area contributed by atoms with E-state index in [0.29, 0.717) is 30.0 Å². The van der Waals surface area contributed by atoms with Crippen LogP contribution >= 0.6 is 0 Å². The topological polar surface area (TPSA) is 81.6 Å². The molecular formula is C19H18FN5O. The molecule has 4 rings (SSSR count). The van der Waals surface area contributed by atoms with Crippen LogP contribution in [0.2, 0.25) is 0 Å². The fourth-order valence-electron chi connectivity index (χ4n) is 3.18. The lowest BCUT2D eigenvalue weighted by molar-refractivity contribution is 0.629. The summed E-state index contributed by atoms with van der Waals surface area (Å²) in [6.07, 6.45) is 2.63. The van der Waals surface area contributed by atoms with Gasteiger partial charge in [0.05, 0.1) is 11.2 Å². The molecule has 7 heteroatoms. The molecule has 0 aliphatic carbocycles. The van der Waals surface area contributed by atoms with Crippen molar-refractivity contribution >= 4 is 10.9 Å². The second-order valence-electron chi connectivity index (χ2n) is 6.07. The van der Waals surface area contributed by atoms with Crippen LogP contribution in [0.5, 0.6) is 0 Å². The van der Waals surface area contributed by atoms with E-state index in [9.17, 15) is 9.18 Å². The first-order valence-corrected chi connectivity index (χ1v) is 8.40. The van der Waals surface area contributed by atoms with Crippen molar-refractivity contribution in [1.82, 2.24) is 19.3 Å². The van der Waals surface area contributed by atoms with E-state index in [1.165, 1.54) is 16.7 Å². The molecule has 0 saturated heterocycles. The van der Waals surface area contributed by atoms with Gasteiger partial charge in [-0.05, 0) is 31.2 Å². The van der Waals surface area contributed by atoms with Gasteiger partial charge < -0.3 is 10.3 Å². The van der Waals surface area contributed by atoms with Crippen molar-refractivity contribution in [3.63, 3.8) is 0 Å². The number of nitrogens with two attached hydrogens (primary N) is 1. The molecule has 0 amide bonds. The zero-order valence-corrected chi connectivity index (χ0v) is 14.0. The number of aromatic nitrogens is 4. The minimum atomic E-state index is -0.369. The number of aryl methyl sites for hydroxylation is 1. The molecule has 0 atom stereocenters. The van der Waals surface area contributed by atoms with Crippen molar-refractivity contribution in [2.75, 3.05) is 6.54 Å². The molecule has 2 aromatic heterocycles. The van der Waals surface area contributed by atoms with E-state index in [0.717, 1.165) is 17.5 Å². The van der Waals surface area contributed by atoms with E-state index in [1.54, 1.807) is 6.07 Å². The number of aromatic amines is 1. The van der Waals surface area contributed by atoms with Crippen molar-refractivity contribution < 1.29 is 4.39 Å². The number of hydrogen-bond donors (Lipinski definition) is 2. The molecule has 4 aromatic rings. The van der Waals surface area contributed by atoms with Crippen LogP contribution in [0.25, 0.3) is 28.0 Å². The Morgan fingerprint density at radius 3 is 2.73 bits per heavy atom. The Labute approximate surface area is 148 Å². The molecule has 0 bridgehead atoms. The predicted octanol–water partition coefficient (Wildman–Crippen LogP) is 2.67. The number of nitrogens with zero attached hydrogens (tertiary/aromatic N) is 3. The Balaban J connectivity index is 1.97. The van der Waals surface area contributed by atoms with Gasteiger partial charge in [-0.15, -0.1) is 0 Å². The summed E-state index contributed by atoms with van der Waals surface area (Å²) in [5.41, 5.74) is 7.49. The summed E-state index contributed by atoms with van der Waals surface area (Å²) in [5.74, 6) is 0.130. The Kier molecular flexibility index (Phi) is 4.14. The van der Waals surface area contributed by atoms with Gasteiger partial charge in [0.15, 0.2) is 5.82 Å². The minimum Gasteiger partial charge on any atom is -0.345 e. The van der Waals surface area contributed by atoms with Gasteiger partial charge in [-0.2, -0.15) is 5.10 Å². The summed E-state index contributed by atoms with van der Waals surface area (Å²) in [6.45, 7) is 1.24. The smallest absolute Gasteiger partial charge is 0.345 e. The standard InChI is InChI=1S/C19H18FN5O/c20-14-7-8-16-15(11-14)17(12-24(16)10-4-9-21)25-18(22-23-19(25)26)13-5-2-1-3-6-13/h1-3,5-8,11-12H,4,9-10,21H2,(H,23,26). The second kappa shape index (κ2) is 6.61. The maximum absolute atomic E-state index is 13.9. The van der Waals surface area contributed by atoms with Crippen molar-refractivity contribution in [2.24, 2.45) is 5.73 Å². The average molecular weight is 351 g/mol. The lowest BCUT2D eigenvalue weighted by Crippen LogP contribution is -2.15. The SMILES string of the molecule is NCCCn1cc(-n2c(-c3ccccc3)n[nH]c2=O)c2cc(F)ccc21. The zero-order valence-electron chi connectivity index (χ0n) is 14.0. The average Bonchev–Trinajstić information content (AvgIpc) is 3.20. The van der Waals surface area contributed by atoms with E-state index >= 15 is 0 Å². The third-order valence-corrected chi connectivity index (χ3v) is 4.37. The molecule has 3 N–H and O–H groups in total. The first kappa shape index (κ1) is 16.3. The third-order valence-electron chi connectivity index (χ3n) is 4.37. The molecule has 0 unspecified atom stereocenters. The molecule has 0 spiro atoms. The van der Waals surface area contributed by atoms with E-state index in [-0.39, 0.29) is 11.5 Å². The summed E-state index contributed by atoms with van der Waals surface area (Å²) in [4.78, 5) is 12.5. The monoisotopic (exact) mass is 351 g/mol. The van der Waals surface area contributed by atoms with Crippen molar-refractivity contribution in [2.45, 2.75) is 13.0 Å². The Hall–Kier alpha value is -3.19. The maximum atomic E-state index is 13.9. The first-order chi connectivity index (χ1) is 12.7. The van der Waals surface area contributed by atoms with Gasteiger partial charge >= 0.3 is 5.69 Å². The number of H-pyrrole nitrogens is 1. The molecular weight excluding hydrogens is 333 g/mol. The summed E-state index contributed by atoms with van der Waals surface area (Å²) in [7, 11) is 0. The predicted molar refractivity (Wildman–Crippen MR) is 98.7 cm³/mol. The van der Waals surface area contributed by atoms with Gasteiger partial charge in [-0.3, -0.25) is 0 Å². The first-order valence-electron chi connectivity index (χ1n) is 8.40. The van der Waals surface area contributed by atoms with Gasteiger partial charge in [0.25, 0.3) is 0 Å². The van der Waals surface area contributed by atoms with Crippen LogP contribution in [0.3, 0.4) is 0 Å². The summed E-state index contributed by atoms with van der Waals surface area (Å²) in [6, 6.07) is 14.0. The Bertz CT molecular complexity index is 1110. The summed E-state index contributed by atoms with van der Waals surface area (Å²) in [5, 5.41) is 7.32. The highest BCUT2D eigenvalue weighted by Crippen LogP contribution is 2.28. The Morgan fingerprint density at radius 1 is 1.15 bits per heavy atom. The van der Waals surface area contributed by atoms with Crippen LogP contribution in [-0.4, -0.2) is 25.9 Å².